The zero-order valence-corrected chi connectivity index (χ0v) is 12.8. The van der Waals surface area contributed by atoms with Crippen LogP contribution >= 0.6 is 0 Å². The molecule has 1 aliphatic rings. The highest BCUT2D eigenvalue weighted by Gasteiger charge is 2.28. The Bertz CT molecular complexity index is 501. The van der Waals surface area contributed by atoms with Gasteiger partial charge in [0.15, 0.2) is 0 Å². The first-order valence-corrected chi connectivity index (χ1v) is 7.53. The summed E-state index contributed by atoms with van der Waals surface area (Å²) in [7, 11) is 0. The van der Waals surface area contributed by atoms with Crippen LogP contribution in [0.25, 0.3) is 0 Å². The quantitative estimate of drug-likeness (QED) is 0.770. The second-order valence-corrected chi connectivity index (χ2v) is 5.47. The van der Waals surface area contributed by atoms with E-state index in [2.05, 4.69) is 5.32 Å². The second-order valence-electron chi connectivity index (χ2n) is 5.47. The van der Waals surface area contributed by atoms with Gasteiger partial charge in [0.25, 0.3) is 0 Å². The molecule has 0 aromatic heterocycles. The molecule has 2 atom stereocenters. The predicted octanol–water partition coefficient (Wildman–Crippen LogP) is -0.0801. The van der Waals surface area contributed by atoms with Gasteiger partial charge in [-0.15, -0.1) is 0 Å². The van der Waals surface area contributed by atoms with Crippen LogP contribution in [0, 0.1) is 0 Å². The summed E-state index contributed by atoms with van der Waals surface area (Å²) < 4.78 is 5.28. The van der Waals surface area contributed by atoms with Gasteiger partial charge in [-0.2, -0.15) is 0 Å². The van der Waals surface area contributed by atoms with E-state index in [1.165, 1.54) is 0 Å². The van der Waals surface area contributed by atoms with Crippen LogP contribution in [-0.4, -0.2) is 55.1 Å². The number of rotatable bonds is 6. The zero-order chi connectivity index (χ0) is 15.9. The summed E-state index contributed by atoms with van der Waals surface area (Å²) in [6.45, 7) is 3.94. The SMILES string of the molecule is C[C@H](N[C@@H](Cc1ccccc1)C(=O)N1CCOCC1)C(N)=O. The summed E-state index contributed by atoms with van der Waals surface area (Å²) in [4.78, 5) is 25.8. The fourth-order valence-corrected chi connectivity index (χ4v) is 2.46. The van der Waals surface area contributed by atoms with Gasteiger partial charge in [-0.1, -0.05) is 30.3 Å². The van der Waals surface area contributed by atoms with Crippen LogP contribution in [0.15, 0.2) is 30.3 Å². The van der Waals surface area contributed by atoms with Gasteiger partial charge >= 0.3 is 0 Å². The van der Waals surface area contributed by atoms with Gasteiger partial charge in [-0.3, -0.25) is 14.9 Å². The van der Waals surface area contributed by atoms with Crippen LogP contribution in [0.3, 0.4) is 0 Å². The van der Waals surface area contributed by atoms with Gasteiger partial charge in [0, 0.05) is 13.1 Å². The van der Waals surface area contributed by atoms with Crippen LogP contribution in [0.4, 0.5) is 0 Å². The van der Waals surface area contributed by atoms with Crippen LogP contribution in [0.5, 0.6) is 0 Å². The first-order chi connectivity index (χ1) is 10.6. The molecule has 6 nitrogen and oxygen atoms in total. The summed E-state index contributed by atoms with van der Waals surface area (Å²) in [6, 6.07) is 8.71. The number of ether oxygens (including phenoxy) is 1. The topological polar surface area (TPSA) is 84.7 Å². The maximum Gasteiger partial charge on any atom is 0.240 e. The molecule has 0 bridgehead atoms. The zero-order valence-electron chi connectivity index (χ0n) is 12.8. The van der Waals surface area contributed by atoms with Crippen molar-refractivity contribution in [3.8, 4) is 0 Å². The fourth-order valence-electron chi connectivity index (χ4n) is 2.46. The van der Waals surface area contributed by atoms with Crippen molar-refractivity contribution in [2.75, 3.05) is 26.3 Å². The van der Waals surface area contributed by atoms with E-state index in [0.717, 1.165) is 5.56 Å². The molecule has 0 spiro atoms. The molecule has 6 heteroatoms. The minimum atomic E-state index is -0.557. The molecule has 1 saturated heterocycles. The largest absolute Gasteiger partial charge is 0.378 e. The Kier molecular flexibility index (Phi) is 5.91. The number of carbonyl (C=O) groups is 2. The Labute approximate surface area is 130 Å². The smallest absolute Gasteiger partial charge is 0.240 e. The third kappa shape index (κ3) is 4.54. The molecule has 2 rings (SSSR count). The van der Waals surface area contributed by atoms with Crippen molar-refractivity contribution in [2.24, 2.45) is 5.73 Å². The van der Waals surface area contributed by atoms with Crippen LogP contribution in [0.1, 0.15) is 12.5 Å². The summed E-state index contributed by atoms with van der Waals surface area (Å²) in [6.07, 6.45) is 0.522. The van der Waals surface area contributed by atoms with E-state index >= 15 is 0 Å². The lowest BCUT2D eigenvalue weighted by molar-refractivity contribution is -0.138. The van der Waals surface area contributed by atoms with E-state index < -0.39 is 18.0 Å². The van der Waals surface area contributed by atoms with Gasteiger partial charge in [-0.05, 0) is 18.9 Å². The molecule has 0 aliphatic carbocycles. The third-order valence-corrected chi connectivity index (χ3v) is 3.78. The summed E-state index contributed by atoms with van der Waals surface area (Å²) >= 11 is 0. The Morgan fingerprint density at radius 1 is 1.27 bits per heavy atom. The van der Waals surface area contributed by atoms with Gasteiger partial charge in [0.1, 0.15) is 0 Å². The van der Waals surface area contributed by atoms with E-state index in [9.17, 15) is 9.59 Å². The molecule has 0 radical (unpaired) electrons. The Hall–Kier alpha value is -1.92. The number of benzene rings is 1. The maximum absolute atomic E-state index is 12.7. The van der Waals surface area contributed by atoms with E-state index in [0.29, 0.717) is 32.7 Å². The minimum absolute atomic E-state index is 0.0137. The molecule has 1 aromatic rings. The number of nitrogens with two attached hydrogens (primary N) is 1. The lowest BCUT2D eigenvalue weighted by Crippen LogP contribution is -2.55. The molecule has 120 valence electrons. The highest BCUT2D eigenvalue weighted by atomic mass is 16.5. The number of carbonyl (C=O) groups excluding carboxylic acids is 2. The van der Waals surface area contributed by atoms with Crippen molar-refractivity contribution >= 4 is 11.8 Å². The molecule has 22 heavy (non-hydrogen) atoms. The molecule has 1 heterocycles. The minimum Gasteiger partial charge on any atom is -0.378 e. The Morgan fingerprint density at radius 2 is 1.91 bits per heavy atom. The molecule has 1 aromatic carbocycles. The molecule has 0 saturated carbocycles. The van der Waals surface area contributed by atoms with Crippen molar-refractivity contribution < 1.29 is 14.3 Å². The third-order valence-electron chi connectivity index (χ3n) is 3.78. The van der Waals surface area contributed by atoms with Crippen molar-refractivity contribution in [2.45, 2.75) is 25.4 Å². The highest BCUT2D eigenvalue weighted by molar-refractivity contribution is 5.84. The number of amides is 2. The van der Waals surface area contributed by atoms with Gasteiger partial charge in [0.05, 0.1) is 25.3 Å². The second kappa shape index (κ2) is 7.91. The number of primary amides is 1. The molecular formula is C16H23N3O3. The molecule has 3 N–H and O–H groups in total. The molecule has 1 fully saturated rings. The lowest BCUT2D eigenvalue weighted by Gasteiger charge is -2.31. The number of hydrogen-bond acceptors (Lipinski definition) is 4. The predicted molar refractivity (Wildman–Crippen MR) is 83.1 cm³/mol. The normalized spacial score (nSPS) is 17.8. The van der Waals surface area contributed by atoms with Crippen molar-refractivity contribution in [3.63, 3.8) is 0 Å². The first kappa shape index (κ1) is 16.5. The number of nitrogens with zero attached hydrogens (tertiary/aromatic N) is 1. The Morgan fingerprint density at radius 3 is 2.50 bits per heavy atom. The Balaban J connectivity index is 2.09. The van der Waals surface area contributed by atoms with E-state index in [1.54, 1.807) is 11.8 Å². The van der Waals surface area contributed by atoms with Gasteiger partial charge in [-0.25, -0.2) is 0 Å². The van der Waals surface area contributed by atoms with E-state index in [1.807, 2.05) is 30.3 Å². The number of morpholine rings is 1. The molecular weight excluding hydrogens is 282 g/mol. The van der Waals surface area contributed by atoms with Crippen LogP contribution in [-0.2, 0) is 20.7 Å². The fraction of sp³-hybridized carbons (Fsp3) is 0.500. The summed E-state index contributed by atoms with van der Waals surface area (Å²) in [5.41, 5.74) is 6.35. The van der Waals surface area contributed by atoms with E-state index in [-0.39, 0.29) is 5.91 Å². The van der Waals surface area contributed by atoms with E-state index in [4.69, 9.17) is 10.5 Å². The van der Waals surface area contributed by atoms with Crippen LogP contribution in [0.2, 0.25) is 0 Å². The number of nitrogens with one attached hydrogen (secondary N) is 1. The molecule has 0 unspecified atom stereocenters. The molecule has 1 aliphatic heterocycles. The van der Waals surface area contributed by atoms with Crippen molar-refractivity contribution in [1.82, 2.24) is 10.2 Å². The highest BCUT2D eigenvalue weighted by Crippen LogP contribution is 2.08. The average Bonchev–Trinajstić information content (AvgIpc) is 2.55. The van der Waals surface area contributed by atoms with Gasteiger partial charge in [0.2, 0.25) is 11.8 Å². The van der Waals surface area contributed by atoms with Crippen molar-refractivity contribution in [1.29, 1.82) is 0 Å². The summed E-state index contributed by atoms with van der Waals surface area (Å²) in [5.74, 6) is -0.479. The average molecular weight is 305 g/mol. The van der Waals surface area contributed by atoms with Gasteiger partial charge < -0.3 is 15.4 Å². The lowest BCUT2D eigenvalue weighted by atomic mass is 10.0. The van der Waals surface area contributed by atoms with Crippen LogP contribution < -0.4 is 11.1 Å². The number of hydrogen-bond donors (Lipinski definition) is 2. The monoisotopic (exact) mass is 305 g/mol. The van der Waals surface area contributed by atoms with Crippen molar-refractivity contribution in [3.05, 3.63) is 35.9 Å². The first-order valence-electron chi connectivity index (χ1n) is 7.53. The standard InChI is InChI=1S/C16H23N3O3/c1-12(15(17)20)18-14(11-13-5-3-2-4-6-13)16(21)19-7-9-22-10-8-19/h2-6,12,14,18H,7-11H2,1H3,(H2,17,20)/t12-,14-/m0/s1. The molecule has 2 amide bonds. The summed E-state index contributed by atoms with van der Waals surface area (Å²) in [5, 5.41) is 3.06. The maximum atomic E-state index is 12.7.